The van der Waals surface area contributed by atoms with Crippen molar-refractivity contribution in [2.75, 3.05) is 13.7 Å². The third-order valence-electron chi connectivity index (χ3n) is 2.10. The molecule has 0 amide bonds. The molecule has 0 aromatic carbocycles. The number of ether oxygens (including phenoxy) is 1. The van der Waals surface area contributed by atoms with E-state index in [9.17, 15) is 4.79 Å². The Morgan fingerprint density at radius 2 is 2.36 bits per heavy atom. The maximum Gasteiger partial charge on any atom is 0.333 e. The van der Waals surface area contributed by atoms with E-state index < -0.39 is 5.54 Å². The van der Waals surface area contributed by atoms with E-state index in [-0.39, 0.29) is 36.5 Å². The second-order valence-electron chi connectivity index (χ2n) is 2.94. The van der Waals surface area contributed by atoms with Crippen LogP contribution in [0.25, 0.3) is 0 Å². The highest BCUT2D eigenvalue weighted by Crippen LogP contribution is 2.15. The highest BCUT2D eigenvalue weighted by atomic mass is 127. The number of imidazole rings is 1. The first-order valence-electron chi connectivity index (χ1n) is 3.92. The summed E-state index contributed by atoms with van der Waals surface area (Å²) in [7, 11) is 1.34. The average molecular weight is 311 g/mol. The minimum absolute atomic E-state index is 0. The number of hydrogen-bond acceptors (Lipinski definition) is 4. The molecular formula is C8H14IN3O2. The van der Waals surface area contributed by atoms with Crippen molar-refractivity contribution < 1.29 is 9.53 Å². The Kier molecular flexibility index (Phi) is 5.06. The molecule has 0 aliphatic rings. The molecule has 0 aliphatic heterocycles. The topological polar surface area (TPSA) is 70.1 Å². The molecule has 6 heteroatoms. The van der Waals surface area contributed by atoms with Crippen LogP contribution >= 0.6 is 24.0 Å². The van der Waals surface area contributed by atoms with E-state index in [0.717, 1.165) is 0 Å². The standard InChI is InChI=1S/C8H13N3O2.HI/c1-8(5-9,7(12)13-2)11-4-3-10-6-11;/h3-4,6H,5,9H2,1-2H3;1H/t8-;/m0./s1. The lowest BCUT2D eigenvalue weighted by Gasteiger charge is -2.26. The van der Waals surface area contributed by atoms with Crippen LogP contribution in [-0.2, 0) is 15.1 Å². The summed E-state index contributed by atoms with van der Waals surface area (Å²) in [6, 6.07) is 0. The molecule has 0 saturated heterocycles. The van der Waals surface area contributed by atoms with Gasteiger partial charge in [0.1, 0.15) is 0 Å². The lowest BCUT2D eigenvalue weighted by atomic mass is 10.0. The molecule has 0 aliphatic carbocycles. The summed E-state index contributed by atoms with van der Waals surface area (Å²) >= 11 is 0. The Morgan fingerprint density at radius 3 is 2.71 bits per heavy atom. The summed E-state index contributed by atoms with van der Waals surface area (Å²) in [6.07, 6.45) is 4.82. The highest BCUT2D eigenvalue weighted by Gasteiger charge is 2.34. The largest absolute Gasteiger partial charge is 0.467 e. The summed E-state index contributed by atoms with van der Waals surface area (Å²) in [4.78, 5) is 15.3. The molecule has 0 unspecified atom stereocenters. The monoisotopic (exact) mass is 311 g/mol. The molecule has 2 N–H and O–H groups in total. The fourth-order valence-electron chi connectivity index (χ4n) is 1.07. The summed E-state index contributed by atoms with van der Waals surface area (Å²) in [5, 5.41) is 0. The van der Waals surface area contributed by atoms with Gasteiger partial charge in [-0.2, -0.15) is 0 Å². The van der Waals surface area contributed by atoms with Crippen molar-refractivity contribution in [1.29, 1.82) is 0 Å². The van der Waals surface area contributed by atoms with E-state index in [1.807, 2.05) is 0 Å². The number of aromatic nitrogens is 2. The van der Waals surface area contributed by atoms with Crippen LogP contribution in [0.5, 0.6) is 0 Å². The Labute approximate surface area is 99.7 Å². The van der Waals surface area contributed by atoms with E-state index in [1.54, 1.807) is 30.2 Å². The predicted molar refractivity (Wildman–Crippen MR) is 62.4 cm³/mol. The van der Waals surface area contributed by atoms with Gasteiger partial charge < -0.3 is 15.0 Å². The number of carbonyl (C=O) groups is 1. The number of rotatable bonds is 3. The smallest absolute Gasteiger partial charge is 0.333 e. The molecule has 14 heavy (non-hydrogen) atoms. The van der Waals surface area contributed by atoms with Crippen LogP contribution in [0.4, 0.5) is 0 Å². The molecule has 0 radical (unpaired) electrons. The van der Waals surface area contributed by atoms with Gasteiger partial charge in [0.15, 0.2) is 5.54 Å². The van der Waals surface area contributed by atoms with Crippen LogP contribution in [0.3, 0.4) is 0 Å². The minimum atomic E-state index is -0.856. The van der Waals surface area contributed by atoms with Crippen LogP contribution in [0, 0.1) is 0 Å². The maximum absolute atomic E-state index is 11.4. The van der Waals surface area contributed by atoms with Crippen molar-refractivity contribution in [3.05, 3.63) is 18.7 Å². The quantitative estimate of drug-likeness (QED) is 0.646. The second kappa shape index (κ2) is 5.30. The fraction of sp³-hybridized carbons (Fsp3) is 0.500. The Morgan fingerprint density at radius 1 is 1.71 bits per heavy atom. The third kappa shape index (κ3) is 2.24. The maximum atomic E-state index is 11.4. The van der Waals surface area contributed by atoms with Gasteiger partial charge in [0.25, 0.3) is 0 Å². The molecule has 0 saturated carbocycles. The van der Waals surface area contributed by atoms with Crippen molar-refractivity contribution >= 4 is 29.9 Å². The van der Waals surface area contributed by atoms with Crippen molar-refractivity contribution in [2.24, 2.45) is 5.73 Å². The first-order chi connectivity index (χ1) is 6.15. The Hall–Kier alpha value is -0.630. The number of esters is 1. The van der Waals surface area contributed by atoms with Gasteiger partial charge in [-0.1, -0.05) is 0 Å². The number of methoxy groups -OCH3 is 1. The number of carbonyl (C=O) groups excluding carboxylic acids is 1. The van der Waals surface area contributed by atoms with E-state index >= 15 is 0 Å². The highest BCUT2D eigenvalue weighted by molar-refractivity contribution is 14.0. The van der Waals surface area contributed by atoms with Crippen LogP contribution in [-0.4, -0.2) is 29.2 Å². The van der Waals surface area contributed by atoms with Gasteiger partial charge in [0.2, 0.25) is 0 Å². The third-order valence-corrected chi connectivity index (χ3v) is 2.10. The van der Waals surface area contributed by atoms with E-state index in [0.29, 0.717) is 0 Å². The predicted octanol–water partition coefficient (Wildman–Crippen LogP) is 0.348. The van der Waals surface area contributed by atoms with Gasteiger partial charge in [-0.05, 0) is 6.92 Å². The molecule has 1 rings (SSSR count). The molecule has 1 heterocycles. The van der Waals surface area contributed by atoms with Crippen molar-refractivity contribution in [3.8, 4) is 0 Å². The van der Waals surface area contributed by atoms with Crippen molar-refractivity contribution in [1.82, 2.24) is 9.55 Å². The molecular weight excluding hydrogens is 297 g/mol. The summed E-state index contributed by atoms with van der Waals surface area (Å²) in [6.45, 7) is 1.89. The van der Waals surface area contributed by atoms with Crippen molar-refractivity contribution in [3.63, 3.8) is 0 Å². The summed E-state index contributed by atoms with van der Waals surface area (Å²) < 4.78 is 6.30. The van der Waals surface area contributed by atoms with E-state index in [1.165, 1.54) is 7.11 Å². The second-order valence-corrected chi connectivity index (χ2v) is 2.94. The van der Waals surface area contributed by atoms with E-state index in [4.69, 9.17) is 5.73 Å². The molecule has 0 bridgehead atoms. The summed E-state index contributed by atoms with van der Waals surface area (Å²) in [5.41, 5.74) is 4.67. The molecule has 0 fully saturated rings. The van der Waals surface area contributed by atoms with Gasteiger partial charge in [-0.15, -0.1) is 24.0 Å². The zero-order valence-corrected chi connectivity index (χ0v) is 10.5. The normalized spacial score (nSPS) is 13.9. The van der Waals surface area contributed by atoms with Crippen LogP contribution in [0.15, 0.2) is 18.7 Å². The Bertz CT molecular complexity index is 289. The molecule has 1 aromatic rings. The van der Waals surface area contributed by atoms with E-state index in [2.05, 4.69) is 9.72 Å². The van der Waals surface area contributed by atoms with Gasteiger partial charge in [0.05, 0.1) is 13.4 Å². The number of halogens is 1. The number of hydrogen-bond donors (Lipinski definition) is 1. The van der Waals surface area contributed by atoms with Crippen molar-refractivity contribution in [2.45, 2.75) is 12.5 Å². The fourth-order valence-corrected chi connectivity index (χ4v) is 1.07. The molecule has 1 aromatic heterocycles. The average Bonchev–Trinajstić information content (AvgIpc) is 2.68. The molecule has 0 spiro atoms. The summed E-state index contributed by atoms with van der Waals surface area (Å²) in [5.74, 6) is -0.368. The van der Waals surface area contributed by atoms with Gasteiger partial charge >= 0.3 is 5.97 Å². The lowest BCUT2D eigenvalue weighted by molar-refractivity contribution is -0.149. The Balaban J connectivity index is 0.00000169. The zero-order chi connectivity index (χ0) is 9.90. The number of nitrogens with two attached hydrogens (primary N) is 1. The zero-order valence-electron chi connectivity index (χ0n) is 8.14. The van der Waals surface area contributed by atoms with Gasteiger partial charge in [0, 0.05) is 18.9 Å². The SMILES string of the molecule is COC(=O)[C@](C)(CN)n1ccnc1.I. The van der Waals surface area contributed by atoms with Crippen LogP contribution in [0.1, 0.15) is 6.92 Å². The van der Waals surface area contributed by atoms with Crippen LogP contribution < -0.4 is 5.73 Å². The molecule has 5 nitrogen and oxygen atoms in total. The van der Waals surface area contributed by atoms with Gasteiger partial charge in [-0.25, -0.2) is 9.78 Å². The first-order valence-corrected chi connectivity index (χ1v) is 3.92. The van der Waals surface area contributed by atoms with Gasteiger partial charge in [-0.3, -0.25) is 0 Å². The van der Waals surface area contributed by atoms with Crippen LogP contribution in [0.2, 0.25) is 0 Å². The lowest BCUT2D eigenvalue weighted by Crippen LogP contribution is -2.45. The first kappa shape index (κ1) is 13.4. The minimum Gasteiger partial charge on any atom is -0.467 e. The molecule has 1 atom stereocenters. The molecule has 80 valence electrons. The number of nitrogens with zero attached hydrogens (tertiary/aromatic N) is 2.